The summed E-state index contributed by atoms with van der Waals surface area (Å²) in [4.78, 5) is 15.4. The number of carbonyl (C=O) groups is 1. The third-order valence-corrected chi connectivity index (χ3v) is 7.87. The summed E-state index contributed by atoms with van der Waals surface area (Å²) in [6.45, 7) is 1.95. The minimum absolute atomic E-state index is 0.0129. The molecule has 3 nitrogen and oxygen atoms in total. The number of hydrogen-bond donors (Lipinski definition) is 1. The van der Waals surface area contributed by atoms with Crippen molar-refractivity contribution in [2.24, 2.45) is 11.8 Å². The van der Waals surface area contributed by atoms with Gasteiger partial charge in [-0.25, -0.2) is 8.78 Å². The standard InChI is InChI=1S/C30H29F5N2O/c31-24-9-4-20(5-10-24)26(21-6-11-25(32)12-7-21)15-29(38)36-28-13-8-22-17-37(18-27(22)28)16-19-2-1-3-23(14-19)30(33,34)35/h1-7,9-12,14,22,26-28H,8,13,15-18H2,(H,36,38). The summed E-state index contributed by atoms with van der Waals surface area (Å²) in [7, 11) is 0. The topological polar surface area (TPSA) is 32.3 Å². The molecule has 3 unspecified atom stereocenters. The van der Waals surface area contributed by atoms with E-state index in [1.807, 2.05) is 0 Å². The van der Waals surface area contributed by atoms with Gasteiger partial charge in [-0.2, -0.15) is 13.2 Å². The summed E-state index contributed by atoms with van der Waals surface area (Å²) in [5.74, 6) is -0.608. The van der Waals surface area contributed by atoms with Gasteiger partial charge in [0.15, 0.2) is 0 Å². The molecule has 2 fully saturated rings. The number of amides is 1. The van der Waals surface area contributed by atoms with Crippen molar-refractivity contribution in [3.63, 3.8) is 0 Å². The molecule has 1 N–H and O–H groups in total. The van der Waals surface area contributed by atoms with Crippen molar-refractivity contribution < 1.29 is 26.7 Å². The number of carbonyl (C=O) groups excluding carboxylic acids is 1. The Morgan fingerprint density at radius 3 is 2.13 bits per heavy atom. The van der Waals surface area contributed by atoms with Crippen LogP contribution < -0.4 is 5.32 Å². The lowest BCUT2D eigenvalue weighted by atomic mass is 9.88. The molecule has 0 spiro atoms. The lowest BCUT2D eigenvalue weighted by Crippen LogP contribution is -2.40. The first-order valence-electron chi connectivity index (χ1n) is 12.8. The summed E-state index contributed by atoms with van der Waals surface area (Å²) in [5, 5.41) is 3.19. The van der Waals surface area contributed by atoms with E-state index in [0.717, 1.165) is 36.6 Å². The smallest absolute Gasteiger partial charge is 0.353 e. The van der Waals surface area contributed by atoms with Crippen molar-refractivity contribution in [1.82, 2.24) is 10.2 Å². The number of nitrogens with zero attached hydrogens (tertiary/aromatic N) is 1. The lowest BCUT2D eigenvalue weighted by Gasteiger charge is -2.24. The fourth-order valence-electron chi connectivity index (χ4n) is 6.04. The first-order valence-corrected chi connectivity index (χ1v) is 12.8. The number of hydrogen-bond acceptors (Lipinski definition) is 2. The molecule has 8 heteroatoms. The van der Waals surface area contributed by atoms with Crippen LogP contribution in [-0.4, -0.2) is 29.9 Å². The van der Waals surface area contributed by atoms with Crippen molar-refractivity contribution in [2.75, 3.05) is 13.1 Å². The van der Waals surface area contributed by atoms with Crippen molar-refractivity contribution in [3.8, 4) is 0 Å². The quantitative estimate of drug-likeness (QED) is 0.354. The number of rotatable bonds is 7. The third-order valence-electron chi connectivity index (χ3n) is 7.87. The first kappa shape index (κ1) is 26.4. The fraction of sp³-hybridized carbons (Fsp3) is 0.367. The zero-order chi connectivity index (χ0) is 26.9. The van der Waals surface area contributed by atoms with Crippen LogP contribution in [0.2, 0.25) is 0 Å². The molecule has 0 radical (unpaired) electrons. The number of likely N-dealkylation sites (tertiary alicyclic amines) is 1. The molecule has 38 heavy (non-hydrogen) atoms. The van der Waals surface area contributed by atoms with Crippen LogP contribution in [0.5, 0.6) is 0 Å². The van der Waals surface area contributed by atoms with Crippen LogP contribution in [0.4, 0.5) is 22.0 Å². The third kappa shape index (κ3) is 6.07. The largest absolute Gasteiger partial charge is 0.416 e. The highest BCUT2D eigenvalue weighted by atomic mass is 19.4. The second-order valence-corrected chi connectivity index (χ2v) is 10.4. The molecule has 3 aromatic rings. The molecule has 1 aliphatic carbocycles. The average Bonchev–Trinajstić information content (AvgIpc) is 3.44. The predicted octanol–water partition coefficient (Wildman–Crippen LogP) is 6.53. The van der Waals surface area contributed by atoms with Gasteiger partial charge < -0.3 is 5.32 Å². The van der Waals surface area contributed by atoms with Gasteiger partial charge in [-0.05, 0) is 71.7 Å². The molecule has 0 bridgehead atoms. The summed E-state index contributed by atoms with van der Waals surface area (Å²) >= 11 is 0. The van der Waals surface area contributed by atoms with Gasteiger partial charge in [0.25, 0.3) is 0 Å². The number of benzene rings is 3. The molecule has 1 saturated carbocycles. The van der Waals surface area contributed by atoms with E-state index in [-0.39, 0.29) is 41.8 Å². The Kier molecular flexibility index (Phi) is 7.52. The molecule has 5 rings (SSSR count). The number of halogens is 5. The van der Waals surface area contributed by atoms with Gasteiger partial charge in [0.2, 0.25) is 5.91 Å². The minimum atomic E-state index is -4.37. The molecule has 3 atom stereocenters. The van der Waals surface area contributed by atoms with Crippen molar-refractivity contribution in [3.05, 3.63) is 107 Å². The SMILES string of the molecule is O=C(CC(c1ccc(F)cc1)c1ccc(F)cc1)NC1CCC2CN(Cc3cccc(C(F)(F)F)c3)CC21. The fourth-order valence-corrected chi connectivity index (χ4v) is 6.04. The summed E-state index contributed by atoms with van der Waals surface area (Å²) in [5.41, 5.74) is 1.52. The van der Waals surface area contributed by atoms with E-state index in [0.29, 0.717) is 24.6 Å². The zero-order valence-corrected chi connectivity index (χ0v) is 20.7. The van der Waals surface area contributed by atoms with Gasteiger partial charge in [-0.1, -0.05) is 42.5 Å². The highest BCUT2D eigenvalue weighted by Crippen LogP contribution is 2.39. The van der Waals surface area contributed by atoms with E-state index < -0.39 is 11.7 Å². The summed E-state index contributed by atoms with van der Waals surface area (Å²) in [6, 6.07) is 17.4. The Bertz CT molecular complexity index is 1210. The van der Waals surface area contributed by atoms with E-state index in [1.165, 1.54) is 36.4 Å². The maximum atomic E-state index is 13.5. The van der Waals surface area contributed by atoms with E-state index in [9.17, 15) is 26.7 Å². The van der Waals surface area contributed by atoms with Crippen LogP contribution in [0.3, 0.4) is 0 Å². The molecular formula is C30H29F5N2O. The normalized spacial score (nSPS) is 21.6. The maximum Gasteiger partial charge on any atom is 0.416 e. The molecule has 2 aliphatic rings. The first-order chi connectivity index (χ1) is 18.2. The van der Waals surface area contributed by atoms with Crippen LogP contribution in [0.1, 0.15) is 47.4 Å². The number of fused-ring (bicyclic) bond motifs is 1. The number of alkyl halides is 3. The minimum Gasteiger partial charge on any atom is -0.353 e. The lowest BCUT2D eigenvalue weighted by molar-refractivity contribution is -0.137. The van der Waals surface area contributed by atoms with Crippen LogP contribution in [-0.2, 0) is 17.5 Å². The molecule has 3 aromatic carbocycles. The van der Waals surface area contributed by atoms with E-state index in [4.69, 9.17) is 0 Å². The molecule has 0 aromatic heterocycles. The van der Waals surface area contributed by atoms with Crippen molar-refractivity contribution >= 4 is 5.91 Å². The molecule has 1 aliphatic heterocycles. The van der Waals surface area contributed by atoms with Gasteiger partial charge in [0, 0.05) is 38.0 Å². The van der Waals surface area contributed by atoms with Crippen LogP contribution >= 0.6 is 0 Å². The van der Waals surface area contributed by atoms with Crippen LogP contribution in [0, 0.1) is 23.5 Å². The number of nitrogens with one attached hydrogen (secondary N) is 1. The van der Waals surface area contributed by atoms with Crippen molar-refractivity contribution in [2.45, 2.75) is 43.9 Å². The highest BCUT2D eigenvalue weighted by Gasteiger charge is 2.43. The molecule has 200 valence electrons. The Morgan fingerprint density at radius 1 is 0.895 bits per heavy atom. The van der Waals surface area contributed by atoms with Gasteiger partial charge in [-0.3, -0.25) is 9.69 Å². The second kappa shape index (κ2) is 10.8. The maximum absolute atomic E-state index is 13.5. The van der Waals surface area contributed by atoms with Gasteiger partial charge in [-0.15, -0.1) is 0 Å². The van der Waals surface area contributed by atoms with E-state index in [2.05, 4.69) is 10.2 Å². The second-order valence-electron chi connectivity index (χ2n) is 10.4. The zero-order valence-electron chi connectivity index (χ0n) is 20.7. The average molecular weight is 529 g/mol. The van der Waals surface area contributed by atoms with Gasteiger partial charge in [0.1, 0.15) is 11.6 Å². The van der Waals surface area contributed by atoms with Crippen LogP contribution in [0.15, 0.2) is 72.8 Å². The van der Waals surface area contributed by atoms with Crippen LogP contribution in [0.25, 0.3) is 0 Å². The predicted molar refractivity (Wildman–Crippen MR) is 134 cm³/mol. The monoisotopic (exact) mass is 528 g/mol. The Labute approximate surface area is 218 Å². The van der Waals surface area contributed by atoms with Gasteiger partial charge in [0.05, 0.1) is 5.56 Å². The molecule has 1 heterocycles. The molecule has 1 saturated heterocycles. The summed E-state index contributed by atoms with van der Waals surface area (Å²) < 4.78 is 66.3. The molecular weight excluding hydrogens is 499 g/mol. The summed E-state index contributed by atoms with van der Waals surface area (Å²) in [6.07, 6.45) is -2.42. The van der Waals surface area contributed by atoms with E-state index in [1.54, 1.807) is 30.3 Å². The Morgan fingerprint density at radius 2 is 1.53 bits per heavy atom. The highest BCUT2D eigenvalue weighted by molar-refractivity contribution is 5.78. The van der Waals surface area contributed by atoms with Crippen molar-refractivity contribution in [1.29, 1.82) is 0 Å². The molecule has 1 amide bonds. The van der Waals surface area contributed by atoms with E-state index >= 15 is 0 Å². The van der Waals surface area contributed by atoms with Gasteiger partial charge >= 0.3 is 6.18 Å². The Balaban J connectivity index is 1.23. The Hall–Kier alpha value is -3.26.